The molecule has 0 radical (unpaired) electrons. The van der Waals surface area contributed by atoms with Gasteiger partial charge in [-0.05, 0) is 25.3 Å². The molecule has 1 aromatic carbocycles. The quantitative estimate of drug-likeness (QED) is 0.765. The van der Waals surface area contributed by atoms with Crippen molar-refractivity contribution < 1.29 is 5.11 Å². The highest BCUT2D eigenvalue weighted by Gasteiger charge is 2.11. The summed E-state index contributed by atoms with van der Waals surface area (Å²) in [5.41, 5.74) is 1.35. The summed E-state index contributed by atoms with van der Waals surface area (Å²) >= 11 is 0. The van der Waals surface area contributed by atoms with E-state index in [0.717, 1.165) is 25.9 Å². The number of hydrogen-bond acceptors (Lipinski definition) is 2. The smallest absolute Gasteiger partial charge is 0.0443 e. The van der Waals surface area contributed by atoms with Gasteiger partial charge in [-0.25, -0.2) is 0 Å². The number of aliphatic hydroxyl groups excluding tert-OH is 1. The molecule has 2 heteroatoms. The largest absolute Gasteiger partial charge is 0.396 e. The molecule has 0 bridgehead atoms. The Balaban J connectivity index is 2.56. The second-order valence-corrected chi connectivity index (χ2v) is 4.29. The van der Waals surface area contributed by atoms with E-state index in [1.165, 1.54) is 5.56 Å². The molecule has 0 heterocycles. The van der Waals surface area contributed by atoms with Crippen LogP contribution in [0.15, 0.2) is 30.3 Å². The summed E-state index contributed by atoms with van der Waals surface area (Å²) in [6.45, 7) is 6.69. The molecule has 0 saturated carbocycles. The predicted molar refractivity (Wildman–Crippen MR) is 68.3 cm³/mol. The molecule has 1 atom stereocenters. The molecule has 0 aliphatic heterocycles. The zero-order chi connectivity index (χ0) is 11.8. The summed E-state index contributed by atoms with van der Waals surface area (Å²) < 4.78 is 0. The lowest BCUT2D eigenvalue weighted by atomic mass is 10.1. The van der Waals surface area contributed by atoms with Crippen LogP contribution in [0.1, 0.15) is 32.3 Å². The number of aliphatic hydroxyl groups is 1. The topological polar surface area (TPSA) is 23.5 Å². The minimum atomic E-state index is 0.279. The second kappa shape index (κ2) is 7.42. The van der Waals surface area contributed by atoms with E-state index in [4.69, 9.17) is 5.11 Å². The van der Waals surface area contributed by atoms with Gasteiger partial charge >= 0.3 is 0 Å². The van der Waals surface area contributed by atoms with Gasteiger partial charge in [0.25, 0.3) is 0 Å². The summed E-state index contributed by atoms with van der Waals surface area (Å²) in [5, 5.41) is 8.91. The standard InChI is InChI=1S/C14H23NO/c1-3-13(2)15(10-7-11-16)12-14-8-5-4-6-9-14/h4-6,8-9,13,16H,3,7,10-12H2,1-2H3. The van der Waals surface area contributed by atoms with Crippen LogP contribution in [0.5, 0.6) is 0 Å². The average Bonchev–Trinajstić information content (AvgIpc) is 2.34. The van der Waals surface area contributed by atoms with Crippen molar-refractivity contribution in [3.05, 3.63) is 35.9 Å². The van der Waals surface area contributed by atoms with Crippen LogP contribution in [-0.2, 0) is 6.54 Å². The van der Waals surface area contributed by atoms with Crippen molar-refractivity contribution in [2.24, 2.45) is 0 Å². The molecule has 0 aliphatic rings. The van der Waals surface area contributed by atoms with Gasteiger partial charge in [0.2, 0.25) is 0 Å². The molecule has 0 aromatic heterocycles. The zero-order valence-corrected chi connectivity index (χ0v) is 10.4. The highest BCUT2D eigenvalue weighted by atomic mass is 16.3. The Kier molecular flexibility index (Phi) is 6.12. The van der Waals surface area contributed by atoms with Crippen molar-refractivity contribution in [2.45, 2.75) is 39.3 Å². The monoisotopic (exact) mass is 221 g/mol. The molecule has 2 nitrogen and oxygen atoms in total. The summed E-state index contributed by atoms with van der Waals surface area (Å²) in [6, 6.07) is 11.1. The number of nitrogens with zero attached hydrogens (tertiary/aromatic N) is 1. The molecule has 0 fully saturated rings. The molecular weight excluding hydrogens is 198 g/mol. The van der Waals surface area contributed by atoms with Crippen molar-refractivity contribution in [3.8, 4) is 0 Å². The molecule has 1 N–H and O–H groups in total. The van der Waals surface area contributed by atoms with E-state index in [1.54, 1.807) is 0 Å². The molecule has 90 valence electrons. The van der Waals surface area contributed by atoms with Crippen molar-refractivity contribution in [1.29, 1.82) is 0 Å². The minimum Gasteiger partial charge on any atom is -0.396 e. The Morgan fingerprint density at radius 2 is 1.94 bits per heavy atom. The third-order valence-corrected chi connectivity index (χ3v) is 3.05. The SMILES string of the molecule is CCC(C)N(CCCO)Cc1ccccc1. The molecule has 0 aliphatic carbocycles. The van der Waals surface area contributed by atoms with Crippen LogP contribution in [-0.4, -0.2) is 29.2 Å². The fourth-order valence-electron chi connectivity index (χ4n) is 1.81. The van der Waals surface area contributed by atoms with Crippen LogP contribution in [0.25, 0.3) is 0 Å². The summed E-state index contributed by atoms with van der Waals surface area (Å²) in [5.74, 6) is 0. The minimum absolute atomic E-state index is 0.279. The van der Waals surface area contributed by atoms with E-state index in [-0.39, 0.29) is 6.61 Å². The fraction of sp³-hybridized carbons (Fsp3) is 0.571. The highest BCUT2D eigenvalue weighted by Crippen LogP contribution is 2.10. The summed E-state index contributed by atoms with van der Waals surface area (Å²) in [7, 11) is 0. The first kappa shape index (κ1) is 13.2. The van der Waals surface area contributed by atoms with Gasteiger partial charge in [0.05, 0.1) is 0 Å². The lowest BCUT2D eigenvalue weighted by Crippen LogP contribution is -2.33. The van der Waals surface area contributed by atoms with E-state index in [1.807, 2.05) is 6.07 Å². The third-order valence-electron chi connectivity index (χ3n) is 3.05. The van der Waals surface area contributed by atoms with E-state index < -0.39 is 0 Å². The maximum absolute atomic E-state index is 8.91. The van der Waals surface area contributed by atoms with Gasteiger partial charge in [-0.3, -0.25) is 4.90 Å². The maximum atomic E-state index is 8.91. The summed E-state index contributed by atoms with van der Waals surface area (Å²) in [6.07, 6.45) is 2.01. The van der Waals surface area contributed by atoms with Gasteiger partial charge in [0.1, 0.15) is 0 Å². The van der Waals surface area contributed by atoms with Gasteiger partial charge in [0.15, 0.2) is 0 Å². The van der Waals surface area contributed by atoms with Crippen molar-refractivity contribution in [3.63, 3.8) is 0 Å². The van der Waals surface area contributed by atoms with Crippen LogP contribution >= 0.6 is 0 Å². The Morgan fingerprint density at radius 1 is 1.25 bits per heavy atom. The highest BCUT2D eigenvalue weighted by molar-refractivity contribution is 5.14. The predicted octanol–water partition coefficient (Wildman–Crippen LogP) is 2.67. The molecule has 1 unspecified atom stereocenters. The van der Waals surface area contributed by atoms with Crippen molar-refractivity contribution in [2.75, 3.05) is 13.2 Å². The average molecular weight is 221 g/mol. The first-order chi connectivity index (χ1) is 7.77. The van der Waals surface area contributed by atoms with Gasteiger partial charge in [-0.15, -0.1) is 0 Å². The van der Waals surface area contributed by atoms with Crippen LogP contribution < -0.4 is 0 Å². The first-order valence-corrected chi connectivity index (χ1v) is 6.16. The molecule has 0 spiro atoms. The van der Waals surface area contributed by atoms with E-state index in [9.17, 15) is 0 Å². The lowest BCUT2D eigenvalue weighted by Gasteiger charge is -2.28. The lowest BCUT2D eigenvalue weighted by molar-refractivity contribution is 0.172. The molecule has 1 rings (SSSR count). The molecule has 0 saturated heterocycles. The Morgan fingerprint density at radius 3 is 2.50 bits per heavy atom. The third kappa shape index (κ3) is 4.33. The normalized spacial score (nSPS) is 13.0. The van der Waals surface area contributed by atoms with Crippen LogP contribution in [0, 0.1) is 0 Å². The number of hydrogen-bond donors (Lipinski definition) is 1. The van der Waals surface area contributed by atoms with Crippen LogP contribution in [0.4, 0.5) is 0 Å². The molecular formula is C14H23NO. The van der Waals surface area contributed by atoms with Gasteiger partial charge in [-0.1, -0.05) is 37.3 Å². The Labute approximate surface area is 98.9 Å². The Bertz CT molecular complexity index is 273. The van der Waals surface area contributed by atoms with Gasteiger partial charge < -0.3 is 5.11 Å². The van der Waals surface area contributed by atoms with Gasteiger partial charge in [-0.2, -0.15) is 0 Å². The number of benzene rings is 1. The van der Waals surface area contributed by atoms with Crippen molar-refractivity contribution in [1.82, 2.24) is 4.90 Å². The van der Waals surface area contributed by atoms with E-state index in [0.29, 0.717) is 6.04 Å². The summed E-state index contributed by atoms with van der Waals surface area (Å²) in [4.78, 5) is 2.44. The van der Waals surface area contributed by atoms with E-state index in [2.05, 4.69) is 43.0 Å². The Hall–Kier alpha value is -0.860. The number of rotatable bonds is 7. The first-order valence-electron chi connectivity index (χ1n) is 6.16. The van der Waals surface area contributed by atoms with Gasteiger partial charge in [0, 0.05) is 25.7 Å². The molecule has 1 aromatic rings. The zero-order valence-electron chi connectivity index (χ0n) is 10.4. The van der Waals surface area contributed by atoms with E-state index >= 15 is 0 Å². The van der Waals surface area contributed by atoms with Crippen LogP contribution in [0.3, 0.4) is 0 Å². The van der Waals surface area contributed by atoms with Crippen molar-refractivity contribution >= 4 is 0 Å². The van der Waals surface area contributed by atoms with Crippen LogP contribution in [0.2, 0.25) is 0 Å². The maximum Gasteiger partial charge on any atom is 0.0443 e. The second-order valence-electron chi connectivity index (χ2n) is 4.29. The molecule has 0 amide bonds. The fourth-order valence-corrected chi connectivity index (χ4v) is 1.81. The molecule has 16 heavy (non-hydrogen) atoms.